The third-order valence-electron chi connectivity index (χ3n) is 5.40. The molecule has 2 heterocycles. The summed E-state index contributed by atoms with van der Waals surface area (Å²) in [6.07, 6.45) is 0. The Labute approximate surface area is 213 Å². The maximum Gasteiger partial charge on any atom is 0.243 e. The molecule has 0 spiro atoms. The second-order valence-corrected chi connectivity index (χ2v) is 12.6. The number of aryl methyl sites for hydroxylation is 2. The number of benzene rings is 2. The number of carbonyl (C=O) groups excluding carboxylic acids is 1. The van der Waals surface area contributed by atoms with Crippen LogP contribution in [0.5, 0.6) is 0 Å². The van der Waals surface area contributed by atoms with Crippen molar-refractivity contribution in [1.29, 1.82) is 0 Å². The molecular weight excluding hydrogens is 506 g/mol. The van der Waals surface area contributed by atoms with E-state index in [2.05, 4.69) is 20.8 Å². The van der Waals surface area contributed by atoms with E-state index in [1.807, 2.05) is 31.2 Å². The molecule has 1 aliphatic heterocycles. The fourth-order valence-corrected chi connectivity index (χ4v) is 6.97. The van der Waals surface area contributed by atoms with Gasteiger partial charge < -0.3 is 15.4 Å². The van der Waals surface area contributed by atoms with Gasteiger partial charge in [-0.15, -0.1) is 10.2 Å². The molecule has 0 bridgehead atoms. The highest BCUT2D eigenvalue weighted by Gasteiger charge is 2.28. The first-order valence-electron chi connectivity index (χ1n) is 11.1. The van der Waals surface area contributed by atoms with Crippen molar-refractivity contribution in [2.75, 3.05) is 36.9 Å². The molecule has 1 aromatic heterocycles. The average Bonchev–Trinajstić information content (AvgIpc) is 3.28. The SMILES string of the molecule is Cc1ccc(Nc2nnc(S[C@H](C)C(=O)Nc3ccc(C)c(S(=O)(=O)N4CCOCC4)c3)s2)cc1. The summed E-state index contributed by atoms with van der Waals surface area (Å²) in [4.78, 5) is 13.0. The summed E-state index contributed by atoms with van der Waals surface area (Å²) in [5, 5.41) is 14.5. The number of sulfonamides is 1. The van der Waals surface area contributed by atoms with Crippen molar-refractivity contribution in [3.05, 3.63) is 53.6 Å². The molecule has 12 heteroatoms. The molecule has 1 saturated heterocycles. The highest BCUT2D eigenvalue weighted by Crippen LogP contribution is 2.31. The second kappa shape index (κ2) is 11.0. The van der Waals surface area contributed by atoms with Gasteiger partial charge in [-0.3, -0.25) is 4.79 Å². The Bertz CT molecular complexity index is 1290. The predicted octanol–water partition coefficient (Wildman–Crippen LogP) is 4.04. The van der Waals surface area contributed by atoms with E-state index >= 15 is 0 Å². The van der Waals surface area contributed by atoms with Gasteiger partial charge in [0.25, 0.3) is 0 Å². The number of anilines is 3. The Kier molecular flexibility index (Phi) is 8.07. The largest absolute Gasteiger partial charge is 0.379 e. The van der Waals surface area contributed by atoms with E-state index in [4.69, 9.17) is 4.74 Å². The van der Waals surface area contributed by atoms with Gasteiger partial charge in [0, 0.05) is 24.5 Å². The molecule has 0 radical (unpaired) electrons. The van der Waals surface area contributed by atoms with E-state index in [0.29, 0.717) is 47.0 Å². The van der Waals surface area contributed by atoms with Gasteiger partial charge in [0.1, 0.15) is 0 Å². The van der Waals surface area contributed by atoms with Gasteiger partial charge >= 0.3 is 0 Å². The van der Waals surface area contributed by atoms with E-state index in [-0.39, 0.29) is 10.8 Å². The first-order chi connectivity index (χ1) is 16.7. The summed E-state index contributed by atoms with van der Waals surface area (Å²) in [6, 6.07) is 12.9. The number of hydrogen-bond donors (Lipinski definition) is 2. The molecule has 2 aromatic carbocycles. The predicted molar refractivity (Wildman–Crippen MR) is 139 cm³/mol. The maximum atomic E-state index is 13.1. The lowest BCUT2D eigenvalue weighted by Gasteiger charge is -2.27. The highest BCUT2D eigenvalue weighted by atomic mass is 32.2. The van der Waals surface area contributed by atoms with Crippen LogP contribution in [-0.4, -0.2) is 60.4 Å². The van der Waals surface area contributed by atoms with Crippen LogP contribution in [0.4, 0.5) is 16.5 Å². The lowest BCUT2D eigenvalue weighted by molar-refractivity contribution is -0.115. The number of aromatic nitrogens is 2. The van der Waals surface area contributed by atoms with Gasteiger partial charge in [-0.05, 0) is 50.6 Å². The van der Waals surface area contributed by atoms with Crippen LogP contribution >= 0.6 is 23.1 Å². The van der Waals surface area contributed by atoms with Crippen LogP contribution in [0.15, 0.2) is 51.7 Å². The van der Waals surface area contributed by atoms with Crippen LogP contribution in [0.2, 0.25) is 0 Å². The number of nitrogens with zero attached hydrogens (tertiary/aromatic N) is 3. The van der Waals surface area contributed by atoms with Crippen LogP contribution in [0.25, 0.3) is 0 Å². The lowest BCUT2D eigenvalue weighted by atomic mass is 10.2. The van der Waals surface area contributed by atoms with E-state index in [9.17, 15) is 13.2 Å². The monoisotopic (exact) mass is 533 g/mol. The lowest BCUT2D eigenvalue weighted by Crippen LogP contribution is -2.40. The first-order valence-corrected chi connectivity index (χ1v) is 14.2. The fraction of sp³-hybridized carbons (Fsp3) is 0.348. The Morgan fingerprint density at radius 1 is 1.09 bits per heavy atom. The van der Waals surface area contributed by atoms with Crippen molar-refractivity contribution in [2.45, 2.75) is 35.3 Å². The number of rotatable bonds is 8. The molecule has 0 saturated carbocycles. The van der Waals surface area contributed by atoms with Gasteiger partial charge in [-0.2, -0.15) is 4.31 Å². The molecule has 3 aromatic rings. The minimum absolute atomic E-state index is 0.188. The quantitative estimate of drug-likeness (QED) is 0.417. The van der Waals surface area contributed by atoms with Gasteiger partial charge in [0.15, 0.2) is 4.34 Å². The number of nitrogens with one attached hydrogen (secondary N) is 2. The second-order valence-electron chi connectivity index (χ2n) is 8.11. The molecule has 1 aliphatic rings. The van der Waals surface area contributed by atoms with Crippen molar-refractivity contribution in [2.24, 2.45) is 0 Å². The van der Waals surface area contributed by atoms with Crippen molar-refractivity contribution >= 4 is 55.5 Å². The van der Waals surface area contributed by atoms with Crippen LogP contribution in [0, 0.1) is 13.8 Å². The van der Waals surface area contributed by atoms with Crippen LogP contribution in [0.3, 0.4) is 0 Å². The number of hydrogen-bond acceptors (Lipinski definition) is 9. The Morgan fingerprint density at radius 3 is 2.49 bits per heavy atom. The third kappa shape index (κ3) is 6.39. The fourth-order valence-electron chi connectivity index (χ4n) is 3.40. The maximum absolute atomic E-state index is 13.1. The van der Waals surface area contributed by atoms with Crippen molar-refractivity contribution in [3.63, 3.8) is 0 Å². The molecule has 0 unspecified atom stereocenters. The molecule has 4 rings (SSSR count). The van der Waals surface area contributed by atoms with E-state index in [1.54, 1.807) is 26.0 Å². The van der Waals surface area contributed by atoms with E-state index in [1.165, 1.54) is 39.0 Å². The molecule has 0 aliphatic carbocycles. The molecule has 1 amide bonds. The van der Waals surface area contributed by atoms with E-state index in [0.717, 1.165) is 5.69 Å². The molecule has 1 atom stereocenters. The Hall–Kier alpha value is -2.51. The topological polar surface area (TPSA) is 114 Å². The summed E-state index contributed by atoms with van der Waals surface area (Å²) in [6.45, 7) is 6.91. The van der Waals surface area contributed by atoms with Crippen molar-refractivity contribution in [1.82, 2.24) is 14.5 Å². The zero-order chi connectivity index (χ0) is 25.0. The van der Waals surface area contributed by atoms with Crippen molar-refractivity contribution < 1.29 is 17.9 Å². The highest BCUT2D eigenvalue weighted by molar-refractivity contribution is 8.02. The minimum atomic E-state index is -3.67. The summed E-state index contributed by atoms with van der Waals surface area (Å²) in [7, 11) is -3.67. The summed E-state index contributed by atoms with van der Waals surface area (Å²) < 4.78 is 33.6. The standard InChI is InChI=1S/C23H27N5O4S3/c1-15-4-7-18(8-5-15)25-22-26-27-23(34-22)33-17(3)21(29)24-19-9-6-16(2)20(14-19)35(30,31)28-10-12-32-13-11-28/h4-9,14,17H,10-13H2,1-3H3,(H,24,29)(H,25,26)/t17-/m1/s1. The molecule has 186 valence electrons. The minimum Gasteiger partial charge on any atom is -0.379 e. The van der Waals surface area contributed by atoms with E-state index < -0.39 is 15.3 Å². The molecular formula is C23H27N5O4S3. The van der Waals surface area contributed by atoms with Crippen molar-refractivity contribution in [3.8, 4) is 0 Å². The Balaban J connectivity index is 1.39. The van der Waals surface area contributed by atoms with Gasteiger partial charge in [-0.25, -0.2) is 8.42 Å². The van der Waals surface area contributed by atoms with Gasteiger partial charge in [0.05, 0.1) is 23.4 Å². The average molecular weight is 534 g/mol. The molecule has 35 heavy (non-hydrogen) atoms. The normalized spacial score (nSPS) is 15.5. The van der Waals surface area contributed by atoms with Crippen LogP contribution < -0.4 is 10.6 Å². The summed E-state index contributed by atoms with van der Waals surface area (Å²) in [5.41, 5.74) is 3.14. The molecule has 1 fully saturated rings. The Morgan fingerprint density at radius 2 is 1.77 bits per heavy atom. The van der Waals surface area contributed by atoms with Crippen LogP contribution in [-0.2, 0) is 19.6 Å². The molecule has 2 N–H and O–H groups in total. The number of morpholine rings is 1. The smallest absolute Gasteiger partial charge is 0.243 e. The number of amides is 1. The van der Waals surface area contributed by atoms with Gasteiger partial charge in [-0.1, -0.05) is 46.9 Å². The van der Waals surface area contributed by atoms with Gasteiger partial charge in [0.2, 0.25) is 21.1 Å². The molecule has 9 nitrogen and oxygen atoms in total. The van der Waals surface area contributed by atoms with Crippen LogP contribution in [0.1, 0.15) is 18.1 Å². The third-order valence-corrected chi connectivity index (χ3v) is 9.46. The number of ether oxygens (including phenoxy) is 1. The summed E-state index contributed by atoms with van der Waals surface area (Å²) in [5.74, 6) is -0.253. The first kappa shape index (κ1) is 25.6. The number of thioether (sulfide) groups is 1. The zero-order valence-electron chi connectivity index (χ0n) is 19.6. The summed E-state index contributed by atoms with van der Waals surface area (Å²) >= 11 is 2.65. The number of carbonyl (C=O) groups is 1. The zero-order valence-corrected chi connectivity index (χ0v) is 22.1.